The Labute approximate surface area is 199 Å². The van der Waals surface area contributed by atoms with Crippen molar-refractivity contribution in [2.45, 2.75) is 43.7 Å². The highest BCUT2D eigenvalue weighted by atomic mass is 32.2. The monoisotopic (exact) mass is 466 g/mol. The fourth-order valence-corrected chi connectivity index (χ4v) is 5.35. The highest BCUT2D eigenvalue weighted by Crippen LogP contribution is 2.40. The molecule has 2 N–H and O–H groups in total. The molecule has 0 radical (unpaired) electrons. The van der Waals surface area contributed by atoms with Crippen LogP contribution < -0.4 is 5.73 Å². The zero-order valence-corrected chi connectivity index (χ0v) is 19.6. The van der Waals surface area contributed by atoms with E-state index in [0.29, 0.717) is 19.0 Å². The van der Waals surface area contributed by atoms with Gasteiger partial charge in [-0.05, 0) is 23.1 Å². The smallest absolute Gasteiger partial charge is 0.356 e. The van der Waals surface area contributed by atoms with Crippen molar-refractivity contribution < 1.29 is 19.1 Å². The quantitative estimate of drug-likeness (QED) is 0.324. The highest BCUT2D eigenvalue weighted by Gasteiger charge is 2.52. The van der Waals surface area contributed by atoms with E-state index in [-0.39, 0.29) is 17.0 Å². The molecule has 0 saturated carbocycles. The van der Waals surface area contributed by atoms with E-state index < -0.39 is 18.1 Å². The number of ether oxygens (including phenoxy) is 2. The Balaban J connectivity index is 1.60. The largest absolute Gasteiger partial charge is 0.448 e. The molecule has 1 fully saturated rings. The molecule has 2 aromatic carbocycles. The second kappa shape index (κ2) is 11.0. The number of nitrogens with two attached hydrogens (primary N) is 1. The number of carbonyl (C=O) groups is 2. The van der Waals surface area contributed by atoms with E-state index in [1.165, 1.54) is 4.90 Å². The van der Waals surface area contributed by atoms with Gasteiger partial charge in [-0.3, -0.25) is 9.69 Å². The predicted octanol–water partition coefficient (Wildman–Crippen LogP) is 4.02. The second-order valence-electron chi connectivity index (χ2n) is 8.25. The van der Waals surface area contributed by atoms with Gasteiger partial charge in [-0.2, -0.15) is 0 Å². The molecule has 6 nitrogen and oxygen atoms in total. The van der Waals surface area contributed by atoms with Crippen LogP contribution in [0.2, 0.25) is 0 Å². The van der Waals surface area contributed by atoms with Crippen molar-refractivity contribution in [3.05, 3.63) is 83.1 Å². The summed E-state index contributed by atoms with van der Waals surface area (Å²) in [6.07, 6.45) is 2.59. The normalized spacial score (nSPS) is 20.0. The predicted molar refractivity (Wildman–Crippen MR) is 129 cm³/mol. The molecule has 2 atom stereocenters. The number of esters is 1. The van der Waals surface area contributed by atoms with Crippen LogP contribution in [-0.4, -0.2) is 47.2 Å². The summed E-state index contributed by atoms with van der Waals surface area (Å²) in [5, 5.41) is -0.240. The van der Waals surface area contributed by atoms with Gasteiger partial charge in [0, 0.05) is 12.4 Å². The molecule has 0 aliphatic carbocycles. The minimum atomic E-state index is -0.594. The van der Waals surface area contributed by atoms with Crippen LogP contribution in [0.4, 0.5) is 0 Å². The van der Waals surface area contributed by atoms with Gasteiger partial charge in [0.25, 0.3) is 0 Å². The zero-order valence-electron chi connectivity index (χ0n) is 18.8. The van der Waals surface area contributed by atoms with E-state index >= 15 is 0 Å². The number of hydrogen-bond acceptors (Lipinski definition) is 6. The third-order valence-electron chi connectivity index (χ3n) is 5.88. The number of carbonyl (C=O) groups excluding carboxylic acids is 2. The fraction of sp³-hybridized carbons (Fsp3) is 0.385. The summed E-state index contributed by atoms with van der Waals surface area (Å²) in [7, 11) is 0. The zero-order chi connectivity index (χ0) is 23.2. The minimum absolute atomic E-state index is 0.240. The molecule has 2 heterocycles. The van der Waals surface area contributed by atoms with Crippen LogP contribution in [-0.2, 0) is 19.1 Å². The number of nitrogens with zero attached hydrogens (tertiary/aromatic N) is 1. The third kappa shape index (κ3) is 5.16. The van der Waals surface area contributed by atoms with Crippen molar-refractivity contribution in [2.24, 2.45) is 5.73 Å². The van der Waals surface area contributed by atoms with E-state index in [1.54, 1.807) is 11.8 Å². The maximum Gasteiger partial charge on any atom is 0.356 e. The first-order valence-corrected chi connectivity index (χ1v) is 12.5. The summed E-state index contributed by atoms with van der Waals surface area (Å²) in [5.41, 5.74) is 8.80. The average molecular weight is 467 g/mol. The number of hydrogen-bond donors (Lipinski definition) is 1. The van der Waals surface area contributed by atoms with Crippen LogP contribution in [0.25, 0.3) is 0 Å². The second-order valence-corrected chi connectivity index (χ2v) is 9.36. The Kier molecular flexibility index (Phi) is 7.85. The van der Waals surface area contributed by atoms with E-state index in [0.717, 1.165) is 36.0 Å². The van der Waals surface area contributed by atoms with Crippen LogP contribution in [0.1, 0.15) is 43.4 Å². The van der Waals surface area contributed by atoms with Crippen LogP contribution in [0, 0.1) is 0 Å². The summed E-state index contributed by atoms with van der Waals surface area (Å²) in [5.74, 6) is -0.189. The first-order valence-electron chi connectivity index (χ1n) is 11.4. The summed E-state index contributed by atoms with van der Waals surface area (Å²) >= 11 is 1.57. The Bertz CT molecular complexity index is 956. The van der Waals surface area contributed by atoms with Gasteiger partial charge in [0.1, 0.15) is 17.1 Å². The molecule has 2 aliphatic rings. The average Bonchev–Trinajstić information content (AvgIpc) is 2.87. The topological polar surface area (TPSA) is 81.9 Å². The molecule has 174 valence electrons. The lowest BCUT2D eigenvalue weighted by atomic mass is 10.0. The molecule has 0 unspecified atom stereocenters. The van der Waals surface area contributed by atoms with Gasteiger partial charge in [-0.25, -0.2) is 4.79 Å². The molecule has 0 bridgehead atoms. The molecule has 2 aromatic rings. The summed E-state index contributed by atoms with van der Waals surface area (Å²) in [6.45, 7) is 3.06. The lowest BCUT2D eigenvalue weighted by Gasteiger charge is -2.48. The first kappa shape index (κ1) is 23.5. The molecule has 4 rings (SSSR count). The van der Waals surface area contributed by atoms with Crippen LogP contribution in [0.15, 0.2) is 71.9 Å². The van der Waals surface area contributed by atoms with Crippen molar-refractivity contribution in [1.29, 1.82) is 0 Å². The summed E-state index contributed by atoms with van der Waals surface area (Å²) in [6, 6.07) is 18.6. The SMILES string of the molecule is CCCCCOCC1=C(C(=O)OC(c2ccccc2)c2ccccc2)N2C(=O)[C@@H](N)[C@@H]2SC1. The van der Waals surface area contributed by atoms with Crippen molar-refractivity contribution in [3.63, 3.8) is 0 Å². The van der Waals surface area contributed by atoms with E-state index in [9.17, 15) is 9.59 Å². The van der Waals surface area contributed by atoms with E-state index in [2.05, 4.69) is 6.92 Å². The summed E-state index contributed by atoms with van der Waals surface area (Å²) < 4.78 is 11.9. The molecular weight excluding hydrogens is 436 g/mol. The first-order chi connectivity index (χ1) is 16.1. The standard InChI is InChI=1S/C26H30N2O4S/c1-2-3-10-15-31-16-20-17-33-25-21(27)24(29)28(25)22(20)26(30)32-23(18-11-6-4-7-12-18)19-13-8-5-9-14-19/h4-9,11-14,21,23,25H,2-3,10,15-17,27H2,1H3/t21-,25+/m1/s1. The molecule has 0 aromatic heterocycles. The van der Waals surface area contributed by atoms with E-state index in [1.807, 2.05) is 60.7 Å². The lowest BCUT2D eigenvalue weighted by Crippen LogP contribution is -2.68. The lowest BCUT2D eigenvalue weighted by molar-refractivity contribution is -0.153. The third-order valence-corrected chi connectivity index (χ3v) is 7.24. The van der Waals surface area contributed by atoms with Gasteiger partial charge in [-0.1, -0.05) is 80.4 Å². The van der Waals surface area contributed by atoms with Crippen molar-refractivity contribution >= 4 is 23.6 Å². The van der Waals surface area contributed by atoms with Gasteiger partial charge in [0.15, 0.2) is 6.10 Å². The van der Waals surface area contributed by atoms with Crippen molar-refractivity contribution in [3.8, 4) is 0 Å². The molecule has 33 heavy (non-hydrogen) atoms. The van der Waals surface area contributed by atoms with E-state index in [4.69, 9.17) is 15.2 Å². The number of rotatable bonds is 10. The molecule has 2 aliphatic heterocycles. The molecular formula is C26H30N2O4S. The Morgan fingerprint density at radius 1 is 1.09 bits per heavy atom. The van der Waals surface area contributed by atoms with Crippen LogP contribution in [0.5, 0.6) is 0 Å². The van der Waals surface area contributed by atoms with Gasteiger partial charge >= 0.3 is 5.97 Å². The Morgan fingerprint density at radius 3 is 2.33 bits per heavy atom. The number of thioether (sulfide) groups is 1. The van der Waals surface area contributed by atoms with Crippen LogP contribution >= 0.6 is 11.8 Å². The molecule has 0 spiro atoms. The number of benzene rings is 2. The van der Waals surface area contributed by atoms with Crippen LogP contribution in [0.3, 0.4) is 0 Å². The molecule has 7 heteroatoms. The molecule has 1 saturated heterocycles. The van der Waals surface area contributed by atoms with Gasteiger partial charge in [0.05, 0.1) is 6.61 Å². The Hall–Kier alpha value is -2.61. The highest BCUT2D eigenvalue weighted by molar-refractivity contribution is 8.00. The number of β-lactam (4-membered cyclic amide) rings is 1. The van der Waals surface area contributed by atoms with Gasteiger partial charge < -0.3 is 15.2 Å². The summed E-state index contributed by atoms with van der Waals surface area (Å²) in [4.78, 5) is 27.7. The van der Waals surface area contributed by atoms with Crippen molar-refractivity contribution in [2.75, 3.05) is 19.0 Å². The maximum atomic E-state index is 13.6. The van der Waals surface area contributed by atoms with Crippen molar-refractivity contribution in [1.82, 2.24) is 4.90 Å². The van der Waals surface area contributed by atoms with Gasteiger partial charge in [0.2, 0.25) is 5.91 Å². The number of unbranched alkanes of at least 4 members (excludes halogenated alkanes) is 2. The maximum absolute atomic E-state index is 13.6. The fourth-order valence-electron chi connectivity index (χ4n) is 4.08. The van der Waals surface area contributed by atoms with Gasteiger partial charge in [-0.15, -0.1) is 11.8 Å². The minimum Gasteiger partial charge on any atom is -0.448 e. The number of amides is 1. The molecule has 1 amide bonds. The Morgan fingerprint density at radius 2 is 1.73 bits per heavy atom. The number of fused-ring (bicyclic) bond motifs is 1.